The van der Waals surface area contributed by atoms with Gasteiger partial charge in [0.25, 0.3) is 0 Å². The van der Waals surface area contributed by atoms with Crippen LogP contribution in [0.4, 0.5) is 0 Å². The van der Waals surface area contributed by atoms with Crippen LogP contribution in [0.5, 0.6) is 0 Å². The van der Waals surface area contributed by atoms with Crippen LogP contribution >= 0.6 is 0 Å². The molecule has 0 spiro atoms. The van der Waals surface area contributed by atoms with E-state index in [0.717, 1.165) is 12.8 Å². The van der Waals surface area contributed by atoms with E-state index in [1.165, 1.54) is 12.8 Å². The maximum absolute atomic E-state index is 10.8. The molecule has 0 bridgehead atoms. The second-order valence-corrected chi connectivity index (χ2v) is 2.50. The molecule has 0 saturated carbocycles. The standard InChI is InChI=1S/C7H17N3O/c1-2-3-4-5-6-7(11)9-10-8/h10H,2-6,8H2,1H3,(H,9,11). The number of hydrogen-bond donors (Lipinski definition) is 3. The van der Waals surface area contributed by atoms with Gasteiger partial charge in [0.15, 0.2) is 0 Å². The molecule has 0 rings (SSSR count). The fraction of sp³-hybridized carbons (Fsp3) is 0.857. The summed E-state index contributed by atoms with van der Waals surface area (Å²) >= 11 is 0. The predicted molar refractivity (Wildman–Crippen MR) is 44.2 cm³/mol. The van der Waals surface area contributed by atoms with E-state index in [4.69, 9.17) is 5.84 Å². The van der Waals surface area contributed by atoms with Crippen molar-refractivity contribution in [3.05, 3.63) is 0 Å². The first-order chi connectivity index (χ1) is 5.31. The first kappa shape index (κ1) is 10.4. The lowest BCUT2D eigenvalue weighted by molar-refractivity contribution is -0.122. The summed E-state index contributed by atoms with van der Waals surface area (Å²) in [6, 6.07) is 0. The molecular weight excluding hydrogens is 142 g/mol. The SMILES string of the molecule is CCCCCCC(=O)NNN. The van der Waals surface area contributed by atoms with Crippen molar-refractivity contribution in [2.24, 2.45) is 5.84 Å². The highest BCUT2D eigenvalue weighted by atomic mass is 16.2. The zero-order chi connectivity index (χ0) is 8.53. The number of unbranched alkanes of at least 4 members (excludes halogenated alkanes) is 3. The minimum Gasteiger partial charge on any atom is -0.278 e. The molecule has 0 aromatic rings. The number of carbonyl (C=O) groups excluding carboxylic acids is 1. The molecule has 0 atom stereocenters. The molecule has 11 heavy (non-hydrogen) atoms. The van der Waals surface area contributed by atoms with Crippen LogP contribution in [0.1, 0.15) is 39.0 Å². The van der Waals surface area contributed by atoms with Gasteiger partial charge in [-0.1, -0.05) is 26.2 Å². The van der Waals surface area contributed by atoms with Crippen molar-refractivity contribution < 1.29 is 4.79 Å². The Bertz CT molecular complexity index is 106. The van der Waals surface area contributed by atoms with Gasteiger partial charge in [-0.05, 0) is 6.42 Å². The van der Waals surface area contributed by atoms with Crippen molar-refractivity contribution in [2.75, 3.05) is 0 Å². The summed E-state index contributed by atoms with van der Waals surface area (Å²) in [4.78, 5) is 10.8. The summed E-state index contributed by atoms with van der Waals surface area (Å²) in [7, 11) is 0. The smallest absolute Gasteiger partial charge is 0.235 e. The lowest BCUT2D eigenvalue weighted by atomic mass is 10.1. The Kier molecular flexibility index (Phi) is 7.08. The van der Waals surface area contributed by atoms with Crippen LogP contribution in [0.2, 0.25) is 0 Å². The van der Waals surface area contributed by atoms with Crippen LogP contribution < -0.4 is 16.8 Å². The van der Waals surface area contributed by atoms with Crippen LogP contribution in [0, 0.1) is 0 Å². The van der Waals surface area contributed by atoms with Gasteiger partial charge in [-0.2, -0.15) is 5.53 Å². The zero-order valence-electron chi connectivity index (χ0n) is 7.02. The maximum Gasteiger partial charge on any atom is 0.235 e. The molecule has 0 aliphatic carbocycles. The van der Waals surface area contributed by atoms with Gasteiger partial charge in [0.2, 0.25) is 5.91 Å². The Balaban J connectivity index is 3.04. The lowest BCUT2D eigenvalue weighted by Gasteiger charge is -2.01. The predicted octanol–water partition coefficient (Wildman–Crippen LogP) is 0.451. The third-order valence-electron chi connectivity index (χ3n) is 1.47. The topological polar surface area (TPSA) is 67.2 Å². The summed E-state index contributed by atoms with van der Waals surface area (Å²) in [6.07, 6.45) is 5.01. The van der Waals surface area contributed by atoms with Crippen LogP contribution in [-0.4, -0.2) is 5.91 Å². The summed E-state index contributed by atoms with van der Waals surface area (Å²) in [5.41, 5.74) is 4.42. The monoisotopic (exact) mass is 159 g/mol. The lowest BCUT2D eigenvalue weighted by Crippen LogP contribution is -2.41. The van der Waals surface area contributed by atoms with Gasteiger partial charge in [0.05, 0.1) is 0 Å². The normalized spacial score (nSPS) is 9.64. The molecule has 0 aliphatic heterocycles. The van der Waals surface area contributed by atoms with E-state index in [0.29, 0.717) is 6.42 Å². The van der Waals surface area contributed by atoms with Gasteiger partial charge in [0.1, 0.15) is 0 Å². The van der Waals surface area contributed by atoms with Gasteiger partial charge < -0.3 is 0 Å². The van der Waals surface area contributed by atoms with Crippen molar-refractivity contribution in [3.63, 3.8) is 0 Å². The third-order valence-corrected chi connectivity index (χ3v) is 1.47. The molecule has 0 unspecified atom stereocenters. The number of rotatable bonds is 6. The molecule has 0 aromatic heterocycles. The molecule has 0 fully saturated rings. The molecule has 4 nitrogen and oxygen atoms in total. The van der Waals surface area contributed by atoms with Crippen LogP contribution in [0.15, 0.2) is 0 Å². The maximum atomic E-state index is 10.8. The highest BCUT2D eigenvalue weighted by molar-refractivity contribution is 5.75. The van der Waals surface area contributed by atoms with Crippen LogP contribution in [0.25, 0.3) is 0 Å². The quantitative estimate of drug-likeness (QED) is 0.299. The van der Waals surface area contributed by atoms with Gasteiger partial charge in [-0.25, -0.2) is 0 Å². The van der Waals surface area contributed by atoms with E-state index in [1.54, 1.807) is 0 Å². The van der Waals surface area contributed by atoms with E-state index < -0.39 is 0 Å². The average Bonchev–Trinajstić information content (AvgIpc) is 1.99. The summed E-state index contributed by atoms with van der Waals surface area (Å²) in [6.45, 7) is 2.14. The Morgan fingerprint density at radius 3 is 2.64 bits per heavy atom. The van der Waals surface area contributed by atoms with Crippen molar-refractivity contribution >= 4 is 5.91 Å². The van der Waals surface area contributed by atoms with Gasteiger partial charge in [-0.3, -0.25) is 16.1 Å². The number of hydrogen-bond acceptors (Lipinski definition) is 3. The van der Waals surface area contributed by atoms with Crippen molar-refractivity contribution in [1.82, 2.24) is 11.0 Å². The molecule has 4 heteroatoms. The largest absolute Gasteiger partial charge is 0.278 e. The van der Waals surface area contributed by atoms with Gasteiger partial charge in [0, 0.05) is 6.42 Å². The Labute approximate surface area is 67.5 Å². The second kappa shape index (κ2) is 7.50. The number of nitrogens with two attached hydrogens (primary N) is 1. The summed E-state index contributed by atoms with van der Waals surface area (Å²) < 4.78 is 0. The van der Waals surface area contributed by atoms with Gasteiger partial charge in [-0.15, -0.1) is 0 Å². The molecule has 66 valence electrons. The number of nitrogens with one attached hydrogen (secondary N) is 2. The Morgan fingerprint density at radius 1 is 1.36 bits per heavy atom. The summed E-state index contributed by atoms with van der Waals surface area (Å²) in [5, 5.41) is 0. The molecule has 1 amide bonds. The number of carbonyl (C=O) groups is 1. The van der Waals surface area contributed by atoms with Gasteiger partial charge >= 0.3 is 0 Å². The molecule has 0 radical (unpaired) electrons. The molecule has 0 saturated heterocycles. The van der Waals surface area contributed by atoms with E-state index in [9.17, 15) is 4.79 Å². The fourth-order valence-corrected chi connectivity index (χ4v) is 0.855. The zero-order valence-corrected chi connectivity index (χ0v) is 7.02. The van der Waals surface area contributed by atoms with Crippen molar-refractivity contribution in [1.29, 1.82) is 0 Å². The molecule has 0 aromatic carbocycles. The van der Waals surface area contributed by atoms with E-state index in [1.807, 2.05) is 0 Å². The molecular formula is C7H17N3O. The number of hydrazine groups is 2. The van der Waals surface area contributed by atoms with E-state index in [2.05, 4.69) is 17.9 Å². The highest BCUT2D eigenvalue weighted by Gasteiger charge is 1.97. The third kappa shape index (κ3) is 7.29. The molecule has 0 aliphatic rings. The summed E-state index contributed by atoms with van der Waals surface area (Å²) in [5.74, 6) is 4.84. The molecule has 4 N–H and O–H groups in total. The van der Waals surface area contributed by atoms with Crippen LogP contribution in [-0.2, 0) is 4.79 Å². The number of amides is 1. The minimum atomic E-state index is -0.0383. The van der Waals surface area contributed by atoms with Crippen molar-refractivity contribution in [3.8, 4) is 0 Å². The van der Waals surface area contributed by atoms with Crippen molar-refractivity contribution in [2.45, 2.75) is 39.0 Å². The fourth-order valence-electron chi connectivity index (χ4n) is 0.855. The van der Waals surface area contributed by atoms with Crippen LogP contribution in [0.3, 0.4) is 0 Å². The highest BCUT2D eigenvalue weighted by Crippen LogP contribution is 2.01. The van der Waals surface area contributed by atoms with E-state index in [-0.39, 0.29) is 5.91 Å². The minimum absolute atomic E-state index is 0.0383. The molecule has 0 heterocycles. The Morgan fingerprint density at radius 2 is 2.09 bits per heavy atom. The Hall–Kier alpha value is -0.610. The first-order valence-electron chi connectivity index (χ1n) is 4.05. The average molecular weight is 159 g/mol. The van der Waals surface area contributed by atoms with E-state index >= 15 is 0 Å². The second-order valence-electron chi connectivity index (χ2n) is 2.50. The first-order valence-corrected chi connectivity index (χ1v) is 4.05.